The van der Waals surface area contributed by atoms with Crippen molar-refractivity contribution >= 4 is 24.5 Å². The zero-order valence-electron chi connectivity index (χ0n) is 16.3. The monoisotopic (exact) mass is 416 g/mol. The molecule has 29 heavy (non-hydrogen) atoms. The van der Waals surface area contributed by atoms with Crippen LogP contribution in [0.5, 0.6) is 0 Å². The van der Waals surface area contributed by atoms with E-state index in [9.17, 15) is 14.7 Å². The molecule has 4 rings (SSSR count). The molecule has 0 atom stereocenters. The Morgan fingerprint density at radius 2 is 1.59 bits per heavy atom. The van der Waals surface area contributed by atoms with Crippen LogP contribution in [0.15, 0.2) is 48.5 Å². The van der Waals surface area contributed by atoms with Gasteiger partial charge in [-0.25, -0.2) is 4.79 Å². The lowest BCUT2D eigenvalue weighted by Gasteiger charge is -2.38. The molecule has 1 heterocycles. The van der Waals surface area contributed by atoms with Crippen LogP contribution in [-0.2, 0) is 9.53 Å². The minimum Gasteiger partial charge on any atom is -0.480 e. The Balaban J connectivity index is 0.00000240. The van der Waals surface area contributed by atoms with E-state index in [4.69, 9.17) is 4.74 Å². The fourth-order valence-corrected chi connectivity index (χ4v) is 4.33. The highest BCUT2D eigenvalue weighted by Gasteiger charge is 2.41. The molecule has 1 amide bonds. The van der Waals surface area contributed by atoms with Gasteiger partial charge in [0.15, 0.2) is 0 Å². The van der Waals surface area contributed by atoms with Gasteiger partial charge in [-0.15, -0.1) is 12.4 Å². The number of hydrogen-bond donors (Lipinski definition) is 2. The van der Waals surface area contributed by atoms with E-state index >= 15 is 0 Å². The first kappa shape index (κ1) is 21.1. The number of carboxylic acid groups (broad SMARTS) is 1. The van der Waals surface area contributed by atoms with Gasteiger partial charge in [-0.2, -0.15) is 0 Å². The van der Waals surface area contributed by atoms with E-state index in [1.54, 1.807) is 11.9 Å². The average Bonchev–Trinajstić information content (AvgIpc) is 3.06. The summed E-state index contributed by atoms with van der Waals surface area (Å²) in [5.41, 5.74) is 3.78. The number of nitrogens with zero attached hydrogens (tertiary/aromatic N) is 1. The third-order valence-electron chi connectivity index (χ3n) is 6.10. The molecule has 0 saturated carbocycles. The standard InChI is InChI=1S/C22H24N2O4.ClH/c1-23-22(20(25)26)10-12-24(13-11-22)21(27)28-14-19-17-8-4-2-6-15(17)16-7-3-5-9-18(16)19;/h2-9,19,23H,10-14H2,1H3,(H,25,26);1H. The molecule has 1 fully saturated rings. The minimum absolute atomic E-state index is 0. The van der Waals surface area contributed by atoms with Crippen molar-refractivity contribution in [2.75, 3.05) is 26.7 Å². The van der Waals surface area contributed by atoms with Gasteiger partial charge < -0.3 is 20.1 Å². The summed E-state index contributed by atoms with van der Waals surface area (Å²) in [5, 5.41) is 12.3. The van der Waals surface area contributed by atoms with E-state index in [-0.39, 0.29) is 31.0 Å². The summed E-state index contributed by atoms with van der Waals surface area (Å²) in [6.45, 7) is 1.01. The van der Waals surface area contributed by atoms with Gasteiger partial charge >= 0.3 is 12.1 Å². The summed E-state index contributed by atoms with van der Waals surface area (Å²) in [5.74, 6) is -0.848. The molecule has 2 aromatic carbocycles. The summed E-state index contributed by atoms with van der Waals surface area (Å²) in [4.78, 5) is 25.7. The Kier molecular flexibility index (Phi) is 6.15. The zero-order chi connectivity index (χ0) is 19.7. The zero-order valence-corrected chi connectivity index (χ0v) is 17.1. The van der Waals surface area contributed by atoms with Crippen LogP contribution in [0.25, 0.3) is 11.1 Å². The molecule has 7 heteroatoms. The third kappa shape index (κ3) is 3.70. The van der Waals surface area contributed by atoms with Crippen molar-refractivity contribution in [3.8, 4) is 11.1 Å². The van der Waals surface area contributed by atoms with Crippen molar-refractivity contribution in [3.05, 3.63) is 59.7 Å². The second-order valence-electron chi connectivity index (χ2n) is 7.43. The maximum atomic E-state index is 12.6. The summed E-state index contributed by atoms with van der Waals surface area (Å²) >= 11 is 0. The van der Waals surface area contributed by atoms with Crippen molar-refractivity contribution in [1.29, 1.82) is 0 Å². The van der Waals surface area contributed by atoms with Gasteiger partial charge in [0.1, 0.15) is 12.1 Å². The van der Waals surface area contributed by atoms with Gasteiger partial charge in [-0.1, -0.05) is 48.5 Å². The number of likely N-dealkylation sites (tertiary alicyclic amines) is 1. The van der Waals surface area contributed by atoms with E-state index < -0.39 is 11.5 Å². The van der Waals surface area contributed by atoms with Gasteiger partial charge in [0.2, 0.25) is 0 Å². The molecule has 2 N–H and O–H groups in total. The molecule has 1 aliphatic carbocycles. The van der Waals surface area contributed by atoms with Crippen molar-refractivity contribution in [2.45, 2.75) is 24.3 Å². The molecule has 154 valence electrons. The first-order valence-corrected chi connectivity index (χ1v) is 9.58. The lowest BCUT2D eigenvalue weighted by Crippen LogP contribution is -2.58. The largest absolute Gasteiger partial charge is 0.480 e. The molecule has 0 aromatic heterocycles. The van der Waals surface area contributed by atoms with Gasteiger partial charge in [-0.3, -0.25) is 4.79 Å². The summed E-state index contributed by atoms with van der Waals surface area (Å²) in [7, 11) is 1.65. The minimum atomic E-state index is -0.958. The number of carboxylic acids is 1. The van der Waals surface area contributed by atoms with Crippen molar-refractivity contribution < 1.29 is 19.4 Å². The Bertz CT molecular complexity index is 864. The number of halogens is 1. The lowest BCUT2D eigenvalue weighted by atomic mass is 9.88. The number of nitrogens with one attached hydrogen (secondary N) is 1. The lowest BCUT2D eigenvalue weighted by molar-refractivity contribution is -0.146. The molecule has 2 aliphatic rings. The second-order valence-corrected chi connectivity index (χ2v) is 7.43. The number of piperidine rings is 1. The Morgan fingerprint density at radius 3 is 2.07 bits per heavy atom. The molecule has 0 radical (unpaired) electrons. The van der Waals surface area contributed by atoms with Crippen LogP contribution in [0.1, 0.15) is 29.9 Å². The van der Waals surface area contributed by atoms with Crippen LogP contribution in [0.4, 0.5) is 4.79 Å². The highest BCUT2D eigenvalue weighted by molar-refractivity contribution is 5.85. The van der Waals surface area contributed by atoms with Gasteiger partial charge in [0.05, 0.1) is 0 Å². The van der Waals surface area contributed by atoms with Crippen LogP contribution < -0.4 is 5.32 Å². The molecule has 0 unspecified atom stereocenters. The maximum Gasteiger partial charge on any atom is 0.409 e. The number of fused-ring (bicyclic) bond motifs is 3. The van der Waals surface area contributed by atoms with Crippen molar-refractivity contribution in [3.63, 3.8) is 0 Å². The van der Waals surface area contributed by atoms with Gasteiger partial charge in [0, 0.05) is 19.0 Å². The normalized spacial score (nSPS) is 17.1. The number of likely N-dealkylation sites (N-methyl/N-ethyl adjacent to an activating group) is 1. The predicted molar refractivity (Wildman–Crippen MR) is 113 cm³/mol. The summed E-state index contributed by atoms with van der Waals surface area (Å²) < 4.78 is 5.66. The van der Waals surface area contributed by atoms with Crippen molar-refractivity contribution in [1.82, 2.24) is 10.2 Å². The first-order chi connectivity index (χ1) is 13.6. The smallest absolute Gasteiger partial charge is 0.409 e. The van der Waals surface area contributed by atoms with E-state index in [1.807, 2.05) is 24.3 Å². The van der Waals surface area contributed by atoms with Crippen LogP contribution in [0, 0.1) is 0 Å². The third-order valence-corrected chi connectivity index (χ3v) is 6.10. The number of carbonyl (C=O) groups excluding carboxylic acids is 1. The van der Waals surface area contributed by atoms with Crippen LogP contribution in [0.3, 0.4) is 0 Å². The van der Waals surface area contributed by atoms with E-state index in [1.165, 1.54) is 22.3 Å². The Hall–Kier alpha value is -2.57. The molecular formula is C22H25ClN2O4. The topological polar surface area (TPSA) is 78.9 Å². The molecule has 2 aromatic rings. The summed E-state index contributed by atoms with van der Waals surface area (Å²) in [6.07, 6.45) is 0.350. The van der Waals surface area contributed by atoms with E-state index in [0.717, 1.165) is 0 Å². The molecule has 1 saturated heterocycles. The second kappa shape index (κ2) is 8.43. The average molecular weight is 417 g/mol. The van der Waals surface area contributed by atoms with Crippen molar-refractivity contribution in [2.24, 2.45) is 0 Å². The van der Waals surface area contributed by atoms with E-state index in [2.05, 4.69) is 29.6 Å². The number of benzene rings is 2. The highest BCUT2D eigenvalue weighted by atomic mass is 35.5. The maximum absolute atomic E-state index is 12.6. The Morgan fingerprint density at radius 1 is 1.07 bits per heavy atom. The van der Waals surface area contributed by atoms with E-state index in [0.29, 0.717) is 25.9 Å². The Labute approximate surface area is 176 Å². The molecule has 0 bridgehead atoms. The number of carbonyl (C=O) groups is 2. The van der Waals surface area contributed by atoms with Gasteiger partial charge in [0.25, 0.3) is 0 Å². The molecule has 6 nitrogen and oxygen atoms in total. The van der Waals surface area contributed by atoms with Crippen LogP contribution in [-0.4, -0.2) is 54.4 Å². The number of ether oxygens (including phenoxy) is 1. The van der Waals surface area contributed by atoms with Crippen LogP contribution >= 0.6 is 12.4 Å². The number of hydrogen-bond acceptors (Lipinski definition) is 4. The fraction of sp³-hybridized carbons (Fsp3) is 0.364. The molecular weight excluding hydrogens is 392 g/mol. The van der Waals surface area contributed by atoms with Crippen LogP contribution in [0.2, 0.25) is 0 Å². The number of rotatable bonds is 4. The number of amides is 1. The quantitative estimate of drug-likeness (QED) is 0.797. The SMILES string of the molecule is CNC1(C(=O)O)CCN(C(=O)OCC2c3ccccc3-c3ccccc32)CC1.Cl. The van der Waals surface area contributed by atoms with Gasteiger partial charge in [-0.05, 0) is 42.1 Å². The summed E-state index contributed by atoms with van der Waals surface area (Å²) in [6, 6.07) is 16.4. The molecule has 1 aliphatic heterocycles. The predicted octanol–water partition coefficient (Wildman–Crippen LogP) is 3.50. The number of aliphatic carboxylic acids is 1. The fourth-order valence-electron chi connectivity index (χ4n) is 4.33. The molecule has 0 spiro atoms. The highest BCUT2D eigenvalue weighted by Crippen LogP contribution is 2.44. The first-order valence-electron chi connectivity index (χ1n) is 9.58.